The maximum Gasteiger partial charge on any atom is 0.125 e. The summed E-state index contributed by atoms with van der Waals surface area (Å²) < 4.78 is 5.28. The molecule has 0 radical (unpaired) electrons. The lowest BCUT2D eigenvalue weighted by molar-refractivity contribution is 0.333. The van der Waals surface area contributed by atoms with Crippen molar-refractivity contribution in [2.75, 3.05) is 6.61 Å². The molecule has 0 spiro atoms. The zero-order chi connectivity index (χ0) is 7.84. The number of rotatable bonds is 0. The smallest absolute Gasteiger partial charge is 0.125 e. The summed E-state index contributed by atoms with van der Waals surface area (Å²) in [4.78, 5) is 0. The molecule has 12 heavy (non-hydrogen) atoms. The van der Waals surface area contributed by atoms with Crippen LogP contribution in [-0.2, 0) is 0 Å². The van der Waals surface area contributed by atoms with Crippen LogP contribution in [0.5, 0.6) is 5.75 Å². The van der Waals surface area contributed by atoms with Gasteiger partial charge in [0.25, 0.3) is 0 Å². The van der Waals surface area contributed by atoms with Crippen LogP contribution in [0.2, 0.25) is 5.02 Å². The Labute approximate surface area is 82.1 Å². The molecule has 2 nitrogen and oxygen atoms in total. The third kappa shape index (κ3) is 1.38. The van der Waals surface area contributed by atoms with Gasteiger partial charge in [0.05, 0.1) is 6.04 Å². The molecule has 0 saturated heterocycles. The van der Waals surface area contributed by atoms with Crippen LogP contribution in [0, 0.1) is 0 Å². The fourth-order valence-corrected chi connectivity index (χ4v) is 1.57. The second-order valence-electron chi connectivity index (χ2n) is 2.57. The van der Waals surface area contributed by atoms with Gasteiger partial charge >= 0.3 is 0 Å². The van der Waals surface area contributed by atoms with Gasteiger partial charge in [-0.15, -0.1) is 12.4 Å². The summed E-state index contributed by atoms with van der Waals surface area (Å²) in [6.45, 7) is 0.541. The summed E-state index contributed by atoms with van der Waals surface area (Å²) in [6.07, 6.45) is 0. The van der Waals surface area contributed by atoms with Gasteiger partial charge in [-0.25, -0.2) is 0 Å². The molecule has 1 aliphatic heterocycles. The predicted molar refractivity (Wildman–Crippen MR) is 51.1 cm³/mol. The van der Waals surface area contributed by atoms with E-state index in [2.05, 4.69) is 0 Å². The van der Waals surface area contributed by atoms with Gasteiger partial charge in [-0.3, -0.25) is 0 Å². The molecule has 0 fully saturated rings. The first-order chi connectivity index (χ1) is 5.29. The van der Waals surface area contributed by atoms with Crippen LogP contribution in [0.25, 0.3) is 0 Å². The highest BCUT2D eigenvalue weighted by molar-refractivity contribution is 6.31. The van der Waals surface area contributed by atoms with E-state index in [1.807, 2.05) is 18.2 Å². The largest absolute Gasteiger partial charge is 0.491 e. The van der Waals surface area contributed by atoms with Crippen molar-refractivity contribution in [1.29, 1.82) is 0 Å². The van der Waals surface area contributed by atoms with E-state index in [1.165, 1.54) is 0 Å². The summed E-state index contributed by atoms with van der Waals surface area (Å²) in [5.74, 6) is 0.824. The van der Waals surface area contributed by atoms with E-state index in [-0.39, 0.29) is 18.4 Å². The van der Waals surface area contributed by atoms with Crippen LogP contribution in [0.3, 0.4) is 0 Å². The normalized spacial score (nSPS) is 19.3. The molecule has 1 aromatic carbocycles. The van der Waals surface area contributed by atoms with Gasteiger partial charge in [0, 0.05) is 10.6 Å². The molecular weight excluding hydrogens is 197 g/mol. The molecular formula is C8H9Cl2NO. The molecule has 1 aromatic rings. The standard InChI is InChI=1S/C8H8ClNO.ClH/c9-5-2-1-3-7-8(5)6(10)4-11-7;/h1-3,6H,4,10H2;1H. The van der Waals surface area contributed by atoms with Crippen molar-refractivity contribution in [2.24, 2.45) is 5.73 Å². The van der Waals surface area contributed by atoms with Gasteiger partial charge in [-0.1, -0.05) is 17.7 Å². The lowest BCUT2D eigenvalue weighted by Crippen LogP contribution is -2.11. The van der Waals surface area contributed by atoms with Gasteiger partial charge in [0.15, 0.2) is 0 Å². The number of nitrogens with two attached hydrogens (primary N) is 1. The Balaban J connectivity index is 0.000000720. The number of benzene rings is 1. The average molecular weight is 206 g/mol. The second kappa shape index (κ2) is 3.52. The van der Waals surface area contributed by atoms with Crippen LogP contribution in [-0.4, -0.2) is 6.61 Å². The van der Waals surface area contributed by atoms with Crippen molar-refractivity contribution in [3.05, 3.63) is 28.8 Å². The van der Waals surface area contributed by atoms with E-state index in [0.29, 0.717) is 11.6 Å². The first-order valence-corrected chi connectivity index (χ1v) is 3.83. The lowest BCUT2D eigenvalue weighted by atomic mass is 10.1. The van der Waals surface area contributed by atoms with Crippen molar-refractivity contribution in [3.63, 3.8) is 0 Å². The first-order valence-electron chi connectivity index (χ1n) is 3.46. The van der Waals surface area contributed by atoms with Gasteiger partial charge in [-0.2, -0.15) is 0 Å². The molecule has 0 aromatic heterocycles. The molecule has 0 amide bonds. The summed E-state index contributed by atoms with van der Waals surface area (Å²) >= 11 is 5.90. The Morgan fingerprint density at radius 3 is 2.92 bits per heavy atom. The summed E-state index contributed by atoms with van der Waals surface area (Å²) in [7, 11) is 0. The zero-order valence-corrected chi connectivity index (χ0v) is 7.86. The van der Waals surface area contributed by atoms with E-state index in [9.17, 15) is 0 Å². The molecule has 1 unspecified atom stereocenters. The Morgan fingerprint density at radius 1 is 1.50 bits per heavy atom. The monoisotopic (exact) mass is 205 g/mol. The minimum absolute atomic E-state index is 0. The van der Waals surface area contributed by atoms with Gasteiger partial charge in [0.2, 0.25) is 0 Å². The Kier molecular flexibility index (Phi) is 2.83. The summed E-state index contributed by atoms with van der Waals surface area (Å²) in [5, 5.41) is 0.701. The quantitative estimate of drug-likeness (QED) is 0.705. The Morgan fingerprint density at radius 2 is 2.25 bits per heavy atom. The number of ether oxygens (including phenoxy) is 1. The van der Waals surface area contributed by atoms with E-state index < -0.39 is 0 Å². The zero-order valence-electron chi connectivity index (χ0n) is 6.29. The summed E-state index contributed by atoms with van der Waals surface area (Å²) in [6, 6.07) is 5.51. The second-order valence-corrected chi connectivity index (χ2v) is 2.98. The van der Waals surface area contributed by atoms with E-state index >= 15 is 0 Å². The van der Waals surface area contributed by atoms with Crippen molar-refractivity contribution < 1.29 is 4.74 Å². The SMILES string of the molecule is Cl.NC1COc2cccc(Cl)c21. The highest BCUT2D eigenvalue weighted by Crippen LogP contribution is 2.35. The Hall–Kier alpha value is -0.440. The van der Waals surface area contributed by atoms with Crippen molar-refractivity contribution in [3.8, 4) is 5.75 Å². The minimum Gasteiger partial charge on any atom is -0.491 e. The minimum atomic E-state index is -0.0568. The molecule has 1 atom stereocenters. The van der Waals surface area contributed by atoms with Gasteiger partial charge in [0.1, 0.15) is 12.4 Å². The molecule has 4 heteroatoms. The summed E-state index contributed by atoms with van der Waals surface area (Å²) in [5.41, 5.74) is 6.68. The predicted octanol–water partition coefficient (Wildman–Crippen LogP) is 2.15. The fraction of sp³-hybridized carbons (Fsp3) is 0.250. The average Bonchev–Trinajstić information content (AvgIpc) is 2.34. The molecule has 1 aliphatic rings. The van der Waals surface area contributed by atoms with Crippen LogP contribution < -0.4 is 10.5 Å². The third-order valence-corrected chi connectivity index (χ3v) is 2.13. The molecule has 2 rings (SSSR count). The highest BCUT2D eigenvalue weighted by Gasteiger charge is 2.22. The molecule has 0 saturated carbocycles. The van der Waals surface area contributed by atoms with E-state index in [4.69, 9.17) is 22.1 Å². The van der Waals surface area contributed by atoms with Crippen molar-refractivity contribution >= 4 is 24.0 Å². The van der Waals surface area contributed by atoms with Crippen LogP contribution in [0.15, 0.2) is 18.2 Å². The van der Waals surface area contributed by atoms with Gasteiger partial charge in [-0.05, 0) is 12.1 Å². The van der Waals surface area contributed by atoms with Gasteiger partial charge < -0.3 is 10.5 Å². The molecule has 66 valence electrons. The first kappa shape index (κ1) is 9.65. The fourth-order valence-electron chi connectivity index (χ4n) is 1.27. The number of fused-ring (bicyclic) bond motifs is 1. The molecule has 1 heterocycles. The van der Waals surface area contributed by atoms with E-state index in [1.54, 1.807) is 0 Å². The molecule has 2 N–H and O–H groups in total. The maximum absolute atomic E-state index is 5.90. The number of halogens is 2. The van der Waals surface area contributed by atoms with Crippen molar-refractivity contribution in [2.45, 2.75) is 6.04 Å². The Bertz CT molecular complexity index is 290. The lowest BCUT2D eigenvalue weighted by Gasteiger charge is -2.01. The van der Waals surface area contributed by atoms with Crippen LogP contribution in [0.4, 0.5) is 0 Å². The van der Waals surface area contributed by atoms with Crippen LogP contribution in [0.1, 0.15) is 11.6 Å². The molecule has 0 bridgehead atoms. The number of hydrogen-bond acceptors (Lipinski definition) is 2. The molecule has 0 aliphatic carbocycles. The highest BCUT2D eigenvalue weighted by atomic mass is 35.5. The third-order valence-electron chi connectivity index (χ3n) is 1.80. The van der Waals surface area contributed by atoms with E-state index in [0.717, 1.165) is 11.3 Å². The maximum atomic E-state index is 5.90. The van der Waals surface area contributed by atoms with Crippen LogP contribution >= 0.6 is 24.0 Å². The number of hydrogen-bond donors (Lipinski definition) is 1. The topological polar surface area (TPSA) is 35.2 Å². The van der Waals surface area contributed by atoms with Crippen molar-refractivity contribution in [1.82, 2.24) is 0 Å².